The van der Waals surface area contributed by atoms with Crippen molar-refractivity contribution in [2.24, 2.45) is 7.05 Å². The zero-order valence-electron chi connectivity index (χ0n) is 18.6. The maximum Gasteiger partial charge on any atom is 0.272 e. The summed E-state index contributed by atoms with van der Waals surface area (Å²) in [5, 5.41) is 0.777. The number of hydrogen-bond donors (Lipinski definition) is 2. The molecule has 1 aliphatic rings. The van der Waals surface area contributed by atoms with Gasteiger partial charge in [0.15, 0.2) is 0 Å². The quantitative estimate of drug-likeness (QED) is 0.562. The zero-order chi connectivity index (χ0) is 22.9. The zero-order valence-corrected chi connectivity index (χ0v) is 19.4. The second-order valence-electron chi connectivity index (χ2n) is 8.19. The number of H-pyrrole nitrogens is 1. The topological polar surface area (TPSA) is 102 Å². The summed E-state index contributed by atoms with van der Waals surface area (Å²) >= 11 is 0. The van der Waals surface area contributed by atoms with Crippen molar-refractivity contribution in [1.29, 1.82) is 0 Å². The fraction of sp³-hybridized carbons (Fsp3) is 0.435. The molecule has 0 amide bonds. The molecule has 2 N–H and O–H groups in total. The predicted molar refractivity (Wildman–Crippen MR) is 126 cm³/mol. The maximum absolute atomic E-state index is 12.4. The first kappa shape index (κ1) is 22.4. The molecule has 4 rings (SSSR count). The van der Waals surface area contributed by atoms with Crippen LogP contribution in [0.25, 0.3) is 22.0 Å². The molecule has 172 valence electrons. The van der Waals surface area contributed by atoms with Crippen molar-refractivity contribution < 1.29 is 17.9 Å². The van der Waals surface area contributed by atoms with Crippen LogP contribution < -0.4 is 15.0 Å². The number of aryl methyl sites for hydroxylation is 1. The predicted octanol–water partition coefficient (Wildman–Crippen LogP) is 3.63. The number of methoxy groups -OCH3 is 1. The lowest BCUT2D eigenvalue weighted by atomic mass is 9.94. The van der Waals surface area contributed by atoms with Crippen LogP contribution in [0.2, 0.25) is 0 Å². The van der Waals surface area contributed by atoms with Crippen LogP contribution in [0.5, 0.6) is 5.75 Å². The molecule has 2 aromatic heterocycles. The highest BCUT2D eigenvalue weighted by molar-refractivity contribution is 7.92. The lowest BCUT2D eigenvalue weighted by Crippen LogP contribution is -2.27. The summed E-state index contributed by atoms with van der Waals surface area (Å²) in [5.41, 5.74) is 2.38. The average Bonchev–Trinajstić information content (AvgIpc) is 3.12. The fourth-order valence-electron chi connectivity index (χ4n) is 4.30. The van der Waals surface area contributed by atoms with E-state index in [1.165, 1.54) is 0 Å². The van der Waals surface area contributed by atoms with Crippen molar-refractivity contribution in [2.75, 3.05) is 17.6 Å². The van der Waals surface area contributed by atoms with Gasteiger partial charge in [-0.3, -0.25) is 9.52 Å². The highest BCUT2D eigenvalue weighted by Gasteiger charge is 2.24. The van der Waals surface area contributed by atoms with Gasteiger partial charge in [0.25, 0.3) is 5.56 Å². The largest absolute Gasteiger partial charge is 0.490 e. The van der Waals surface area contributed by atoms with Gasteiger partial charge in [0, 0.05) is 48.8 Å². The Morgan fingerprint density at radius 1 is 1.12 bits per heavy atom. The van der Waals surface area contributed by atoms with E-state index >= 15 is 0 Å². The molecule has 32 heavy (non-hydrogen) atoms. The van der Waals surface area contributed by atoms with Crippen LogP contribution >= 0.6 is 0 Å². The highest BCUT2D eigenvalue weighted by atomic mass is 32.2. The third-order valence-electron chi connectivity index (χ3n) is 6.07. The Labute approximate surface area is 187 Å². The summed E-state index contributed by atoms with van der Waals surface area (Å²) in [6, 6.07) is 7.14. The molecule has 1 aromatic carbocycles. The summed E-state index contributed by atoms with van der Waals surface area (Å²) in [6.45, 7) is 1.59. The molecular weight excluding hydrogens is 430 g/mol. The number of anilines is 1. The van der Waals surface area contributed by atoms with E-state index in [-0.39, 0.29) is 23.5 Å². The number of nitrogens with zero attached hydrogens (tertiary/aromatic N) is 1. The van der Waals surface area contributed by atoms with Crippen molar-refractivity contribution in [1.82, 2.24) is 9.55 Å². The molecule has 1 saturated carbocycles. The van der Waals surface area contributed by atoms with Gasteiger partial charge in [-0.05, 0) is 56.9 Å². The third kappa shape index (κ3) is 4.54. The number of sulfonamides is 1. The molecule has 8 nitrogen and oxygen atoms in total. The van der Waals surface area contributed by atoms with Gasteiger partial charge in [0.2, 0.25) is 10.0 Å². The molecule has 0 saturated heterocycles. The summed E-state index contributed by atoms with van der Waals surface area (Å²) in [6.07, 6.45) is 7.46. The molecule has 0 spiro atoms. The van der Waals surface area contributed by atoms with E-state index in [9.17, 15) is 13.2 Å². The second-order valence-corrected chi connectivity index (χ2v) is 10.2. The van der Waals surface area contributed by atoms with Crippen molar-refractivity contribution >= 4 is 26.6 Å². The number of fused-ring (bicyclic) bond motifs is 1. The Hall–Kier alpha value is -2.78. The molecule has 0 atom stereocenters. The number of ether oxygens (including phenoxy) is 2. The standard InChI is InChI=1S/C23H29N3O5S/c1-4-32(28,29)25-15-5-10-21(31-17-8-6-16(30-3)7-9-17)19(13-15)20-14-26(2)22-18(20)11-12-24-23(22)27/h5,10-14,16-17,25H,4,6-9H2,1-3H3,(H,24,27). The van der Waals surface area contributed by atoms with E-state index in [1.807, 2.05) is 19.3 Å². The van der Waals surface area contributed by atoms with Crippen molar-refractivity contribution in [3.05, 3.63) is 47.0 Å². The molecular formula is C23H29N3O5S. The van der Waals surface area contributed by atoms with Gasteiger partial charge in [-0.1, -0.05) is 0 Å². The molecule has 2 heterocycles. The molecule has 0 aliphatic heterocycles. The molecule has 0 radical (unpaired) electrons. The first-order valence-electron chi connectivity index (χ1n) is 10.8. The van der Waals surface area contributed by atoms with Gasteiger partial charge < -0.3 is 19.0 Å². The number of hydrogen-bond acceptors (Lipinski definition) is 5. The van der Waals surface area contributed by atoms with Crippen LogP contribution in [-0.4, -0.2) is 43.0 Å². The molecule has 0 bridgehead atoms. The first-order valence-corrected chi connectivity index (χ1v) is 12.5. The SMILES string of the molecule is CCS(=O)(=O)Nc1ccc(OC2CCC(OC)CC2)c(-c2cn(C)c3c(=O)[nH]ccc23)c1. The number of rotatable bonds is 7. The fourth-order valence-corrected chi connectivity index (χ4v) is 4.93. The first-order chi connectivity index (χ1) is 15.3. The maximum atomic E-state index is 12.4. The van der Waals surface area contributed by atoms with E-state index in [2.05, 4.69) is 9.71 Å². The second kappa shape index (κ2) is 8.99. The molecule has 1 aliphatic carbocycles. The van der Waals surface area contributed by atoms with Crippen molar-refractivity contribution in [3.63, 3.8) is 0 Å². The van der Waals surface area contributed by atoms with E-state index < -0.39 is 10.0 Å². The Balaban J connectivity index is 1.78. The number of aromatic amines is 1. The third-order valence-corrected chi connectivity index (χ3v) is 7.38. The Morgan fingerprint density at radius 2 is 1.84 bits per heavy atom. The molecule has 3 aromatic rings. The molecule has 0 unspecified atom stereocenters. The molecule has 1 fully saturated rings. The lowest BCUT2D eigenvalue weighted by Gasteiger charge is -2.29. The van der Waals surface area contributed by atoms with Crippen LogP contribution in [0.15, 0.2) is 41.5 Å². The monoisotopic (exact) mass is 459 g/mol. The number of aromatic nitrogens is 2. The average molecular weight is 460 g/mol. The highest BCUT2D eigenvalue weighted by Crippen LogP contribution is 2.39. The number of benzene rings is 1. The van der Waals surface area contributed by atoms with Crippen molar-refractivity contribution in [3.8, 4) is 16.9 Å². The minimum Gasteiger partial charge on any atom is -0.490 e. The van der Waals surface area contributed by atoms with Gasteiger partial charge in [0.1, 0.15) is 11.3 Å². The Bertz CT molecular complexity index is 1270. The van der Waals surface area contributed by atoms with E-state index in [0.717, 1.165) is 42.2 Å². The lowest BCUT2D eigenvalue weighted by molar-refractivity contribution is 0.0329. The minimum absolute atomic E-state index is 0.0209. The Morgan fingerprint density at radius 3 is 2.53 bits per heavy atom. The van der Waals surface area contributed by atoms with Crippen LogP contribution in [-0.2, 0) is 21.8 Å². The van der Waals surface area contributed by atoms with Crippen LogP contribution in [0.3, 0.4) is 0 Å². The van der Waals surface area contributed by atoms with Crippen LogP contribution in [0.4, 0.5) is 5.69 Å². The number of pyridine rings is 1. The van der Waals surface area contributed by atoms with Crippen LogP contribution in [0.1, 0.15) is 32.6 Å². The minimum atomic E-state index is -3.43. The smallest absolute Gasteiger partial charge is 0.272 e. The van der Waals surface area contributed by atoms with E-state index in [0.29, 0.717) is 17.0 Å². The van der Waals surface area contributed by atoms with Gasteiger partial charge in [-0.15, -0.1) is 0 Å². The van der Waals surface area contributed by atoms with Crippen molar-refractivity contribution in [2.45, 2.75) is 44.8 Å². The summed E-state index contributed by atoms with van der Waals surface area (Å²) in [7, 11) is 0.126. The Kier molecular flexibility index (Phi) is 6.30. The van der Waals surface area contributed by atoms with Gasteiger partial charge in [-0.2, -0.15) is 0 Å². The van der Waals surface area contributed by atoms with Gasteiger partial charge >= 0.3 is 0 Å². The summed E-state index contributed by atoms with van der Waals surface area (Å²) < 4.78 is 40.5. The molecule has 9 heteroatoms. The van der Waals surface area contributed by atoms with E-state index in [1.54, 1.807) is 43.0 Å². The summed E-state index contributed by atoms with van der Waals surface area (Å²) in [4.78, 5) is 15.1. The van der Waals surface area contributed by atoms with Crippen LogP contribution in [0, 0.1) is 0 Å². The number of nitrogens with one attached hydrogen (secondary N) is 2. The van der Waals surface area contributed by atoms with Gasteiger partial charge in [-0.25, -0.2) is 8.42 Å². The summed E-state index contributed by atoms with van der Waals surface area (Å²) in [5.74, 6) is 0.644. The van der Waals surface area contributed by atoms with Gasteiger partial charge in [0.05, 0.1) is 18.0 Å². The normalized spacial score (nSPS) is 19.2. The van der Waals surface area contributed by atoms with E-state index in [4.69, 9.17) is 9.47 Å².